The molecule has 116 valence electrons. The Bertz CT molecular complexity index is 476. The van der Waals surface area contributed by atoms with Crippen molar-refractivity contribution in [2.75, 3.05) is 13.1 Å². The molecule has 1 unspecified atom stereocenters. The summed E-state index contributed by atoms with van der Waals surface area (Å²) in [7, 11) is 0. The molecule has 2 aliphatic carbocycles. The van der Waals surface area contributed by atoms with Crippen LogP contribution in [0.2, 0.25) is 0 Å². The van der Waals surface area contributed by atoms with E-state index in [0.717, 1.165) is 12.5 Å². The lowest BCUT2D eigenvalue weighted by Crippen LogP contribution is -2.69. The maximum Gasteiger partial charge on any atom is 0.0794 e. The van der Waals surface area contributed by atoms with Gasteiger partial charge in [0.05, 0.1) is 5.51 Å². The molecule has 3 aliphatic rings. The maximum absolute atomic E-state index is 4.28. The number of rotatable bonds is 3. The van der Waals surface area contributed by atoms with Crippen LogP contribution in [0.1, 0.15) is 56.7 Å². The highest BCUT2D eigenvalue weighted by atomic mass is 32.1. The van der Waals surface area contributed by atoms with Crippen molar-refractivity contribution in [2.45, 2.75) is 69.5 Å². The molecule has 0 bridgehead atoms. The Morgan fingerprint density at radius 2 is 2.14 bits per heavy atom. The van der Waals surface area contributed by atoms with Crippen LogP contribution in [0.3, 0.4) is 0 Å². The summed E-state index contributed by atoms with van der Waals surface area (Å²) in [6, 6.07) is 0. The van der Waals surface area contributed by atoms with Crippen molar-refractivity contribution >= 4 is 11.3 Å². The van der Waals surface area contributed by atoms with Gasteiger partial charge in [0.2, 0.25) is 0 Å². The summed E-state index contributed by atoms with van der Waals surface area (Å²) in [5, 5.41) is 4.00. The van der Waals surface area contributed by atoms with Crippen LogP contribution in [-0.2, 0) is 6.54 Å². The number of aromatic nitrogens is 1. The topological polar surface area (TPSA) is 28.2 Å². The Morgan fingerprint density at radius 1 is 1.33 bits per heavy atom. The van der Waals surface area contributed by atoms with Gasteiger partial charge in [0.25, 0.3) is 0 Å². The molecule has 1 saturated heterocycles. The summed E-state index contributed by atoms with van der Waals surface area (Å²) in [4.78, 5) is 8.51. The predicted octanol–water partition coefficient (Wildman–Crippen LogP) is 3.42. The molecule has 2 heterocycles. The molecule has 1 aliphatic heterocycles. The van der Waals surface area contributed by atoms with Crippen LogP contribution in [0, 0.1) is 5.92 Å². The van der Waals surface area contributed by atoms with Crippen molar-refractivity contribution in [3.05, 3.63) is 16.6 Å². The first-order chi connectivity index (χ1) is 10.2. The second kappa shape index (κ2) is 5.32. The largest absolute Gasteiger partial charge is 0.308 e. The van der Waals surface area contributed by atoms with E-state index in [1.807, 2.05) is 16.8 Å². The van der Waals surface area contributed by atoms with Gasteiger partial charge in [-0.25, -0.2) is 0 Å². The normalized spacial score (nSPS) is 33.4. The van der Waals surface area contributed by atoms with Crippen molar-refractivity contribution in [2.24, 2.45) is 5.92 Å². The molecule has 1 aromatic rings. The summed E-state index contributed by atoms with van der Waals surface area (Å²) in [5.74, 6) is 0.902. The van der Waals surface area contributed by atoms with Gasteiger partial charge in [0.15, 0.2) is 0 Å². The summed E-state index contributed by atoms with van der Waals surface area (Å²) in [6.07, 6.45) is 11.9. The molecule has 0 amide bonds. The summed E-state index contributed by atoms with van der Waals surface area (Å²) in [6.45, 7) is 6.00. The first-order valence-electron chi connectivity index (χ1n) is 8.58. The molecule has 0 aromatic carbocycles. The summed E-state index contributed by atoms with van der Waals surface area (Å²) >= 11 is 1.81. The summed E-state index contributed by atoms with van der Waals surface area (Å²) < 4.78 is 0. The highest BCUT2D eigenvalue weighted by Gasteiger charge is 2.51. The van der Waals surface area contributed by atoms with Gasteiger partial charge in [-0.05, 0) is 38.5 Å². The van der Waals surface area contributed by atoms with E-state index in [1.165, 1.54) is 62.9 Å². The van der Waals surface area contributed by atoms with E-state index < -0.39 is 0 Å². The Labute approximate surface area is 132 Å². The molecule has 1 N–H and O–H groups in total. The van der Waals surface area contributed by atoms with Crippen molar-refractivity contribution in [3.63, 3.8) is 0 Å². The minimum Gasteiger partial charge on any atom is -0.308 e. The second-order valence-corrected chi connectivity index (χ2v) is 8.62. The van der Waals surface area contributed by atoms with Gasteiger partial charge in [-0.2, -0.15) is 0 Å². The molecule has 1 spiro atoms. The maximum atomic E-state index is 4.28. The monoisotopic (exact) mass is 305 g/mol. The highest BCUT2D eigenvalue weighted by Crippen LogP contribution is 2.47. The van der Waals surface area contributed by atoms with Gasteiger partial charge in [0, 0.05) is 41.8 Å². The third kappa shape index (κ3) is 2.66. The standard InChI is InChI=1S/C17H27N3S/c1-16(14-5-6-14)11-19-17(7-3-2-4-8-17)12-20(16)10-15-9-18-13-21-15/h9,13-14,19H,2-8,10-12H2,1H3. The van der Waals surface area contributed by atoms with Crippen LogP contribution < -0.4 is 5.32 Å². The minimum atomic E-state index is 0.354. The predicted molar refractivity (Wildman–Crippen MR) is 87.5 cm³/mol. The number of nitrogens with one attached hydrogen (secondary N) is 1. The Hall–Kier alpha value is -0.450. The van der Waals surface area contributed by atoms with E-state index in [2.05, 4.69) is 28.3 Å². The fourth-order valence-electron chi connectivity index (χ4n) is 4.50. The molecule has 0 radical (unpaired) electrons. The van der Waals surface area contributed by atoms with E-state index in [-0.39, 0.29) is 0 Å². The zero-order valence-corrected chi connectivity index (χ0v) is 13.9. The average molecular weight is 305 g/mol. The van der Waals surface area contributed by atoms with Crippen molar-refractivity contribution in [3.8, 4) is 0 Å². The van der Waals surface area contributed by atoms with Gasteiger partial charge in [0.1, 0.15) is 0 Å². The molecule has 3 nitrogen and oxygen atoms in total. The lowest BCUT2D eigenvalue weighted by Gasteiger charge is -2.55. The van der Waals surface area contributed by atoms with Gasteiger partial charge in [-0.1, -0.05) is 19.3 Å². The smallest absolute Gasteiger partial charge is 0.0794 e. The SMILES string of the molecule is CC1(C2CC2)CNC2(CCCCC2)CN1Cc1cncs1. The van der Waals surface area contributed by atoms with Crippen molar-refractivity contribution in [1.82, 2.24) is 15.2 Å². The number of piperazine rings is 1. The van der Waals surface area contributed by atoms with Gasteiger partial charge < -0.3 is 5.32 Å². The molecule has 4 rings (SSSR count). The number of nitrogens with zero attached hydrogens (tertiary/aromatic N) is 2. The molecule has 3 fully saturated rings. The Kier molecular flexibility index (Phi) is 3.59. The first kappa shape index (κ1) is 14.2. The molecule has 1 aromatic heterocycles. The van der Waals surface area contributed by atoms with E-state index in [1.54, 1.807) is 0 Å². The zero-order valence-electron chi connectivity index (χ0n) is 13.1. The van der Waals surface area contributed by atoms with Crippen molar-refractivity contribution < 1.29 is 0 Å². The van der Waals surface area contributed by atoms with E-state index >= 15 is 0 Å². The lowest BCUT2D eigenvalue weighted by molar-refractivity contribution is -0.0171. The number of hydrogen-bond donors (Lipinski definition) is 1. The molecule has 4 heteroatoms. The molecular formula is C17H27N3S. The number of thiazole rings is 1. The molecule has 21 heavy (non-hydrogen) atoms. The highest BCUT2D eigenvalue weighted by molar-refractivity contribution is 7.09. The van der Waals surface area contributed by atoms with E-state index in [4.69, 9.17) is 0 Å². The molecular weight excluding hydrogens is 278 g/mol. The van der Waals surface area contributed by atoms with E-state index in [0.29, 0.717) is 11.1 Å². The van der Waals surface area contributed by atoms with Crippen molar-refractivity contribution in [1.29, 1.82) is 0 Å². The van der Waals surface area contributed by atoms with Crippen LogP contribution in [-0.4, -0.2) is 34.1 Å². The molecule has 2 saturated carbocycles. The second-order valence-electron chi connectivity index (χ2n) is 7.65. The Balaban J connectivity index is 1.56. The Morgan fingerprint density at radius 3 is 2.81 bits per heavy atom. The van der Waals surface area contributed by atoms with Gasteiger partial charge in [-0.15, -0.1) is 11.3 Å². The number of hydrogen-bond acceptors (Lipinski definition) is 4. The van der Waals surface area contributed by atoms with Crippen LogP contribution in [0.15, 0.2) is 11.7 Å². The third-order valence-corrected chi connectivity index (χ3v) is 6.90. The first-order valence-corrected chi connectivity index (χ1v) is 9.46. The fraction of sp³-hybridized carbons (Fsp3) is 0.824. The fourth-order valence-corrected chi connectivity index (χ4v) is 5.11. The van der Waals surface area contributed by atoms with Crippen LogP contribution in [0.5, 0.6) is 0 Å². The lowest BCUT2D eigenvalue weighted by atomic mass is 9.76. The van der Waals surface area contributed by atoms with Crippen LogP contribution in [0.25, 0.3) is 0 Å². The average Bonchev–Trinajstić information content (AvgIpc) is 3.24. The summed E-state index contributed by atoms with van der Waals surface area (Å²) in [5.41, 5.74) is 2.73. The minimum absolute atomic E-state index is 0.354. The quantitative estimate of drug-likeness (QED) is 0.927. The van der Waals surface area contributed by atoms with Gasteiger partial charge in [-0.3, -0.25) is 9.88 Å². The van der Waals surface area contributed by atoms with Crippen LogP contribution in [0.4, 0.5) is 0 Å². The van der Waals surface area contributed by atoms with E-state index in [9.17, 15) is 0 Å². The zero-order chi connectivity index (χ0) is 14.3. The van der Waals surface area contributed by atoms with Gasteiger partial charge >= 0.3 is 0 Å². The molecule has 1 atom stereocenters. The third-order valence-electron chi connectivity index (χ3n) is 6.13. The van der Waals surface area contributed by atoms with Crippen LogP contribution >= 0.6 is 11.3 Å².